The third-order valence-electron chi connectivity index (χ3n) is 3.23. The minimum atomic E-state index is -3.38. The van der Waals surface area contributed by atoms with E-state index in [1.807, 2.05) is 0 Å². The van der Waals surface area contributed by atoms with Crippen LogP contribution in [0.1, 0.15) is 0 Å². The molecular formula is C15H13O7P. The Morgan fingerprint density at radius 2 is 1.22 bits per heavy atom. The van der Waals surface area contributed by atoms with Crippen molar-refractivity contribution in [3.05, 3.63) is 36.4 Å². The van der Waals surface area contributed by atoms with Crippen molar-refractivity contribution in [1.82, 2.24) is 0 Å². The summed E-state index contributed by atoms with van der Waals surface area (Å²) in [5.74, 6) is 3.10. The third kappa shape index (κ3) is 2.87. The Bertz CT molecular complexity index is 741. The number of ether oxygens (including phenoxy) is 4. The monoisotopic (exact) mass is 336 g/mol. The SMILES string of the molecule is CP(=O)(Oc1ccc2c(c1)OCO2)Oc1ccc2c(c1)OCO2. The maximum absolute atomic E-state index is 12.6. The van der Waals surface area contributed by atoms with Crippen LogP contribution in [0, 0.1) is 0 Å². The maximum atomic E-state index is 12.6. The van der Waals surface area contributed by atoms with Gasteiger partial charge in [-0.1, -0.05) is 0 Å². The van der Waals surface area contributed by atoms with Gasteiger partial charge in [0, 0.05) is 12.1 Å². The molecule has 0 N–H and O–H groups in total. The average molecular weight is 336 g/mol. The van der Waals surface area contributed by atoms with Gasteiger partial charge in [-0.05, 0) is 24.3 Å². The minimum Gasteiger partial charge on any atom is -0.454 e. The highest BCUT2D eigenvalue weighted by atomic mass is 31.2. The summed E-state index contributed by atoms with van der Waals surface area (Å²) in [6.45, 7) is 1.72. The molecule has 2 heterocycles. The van der Waals surface area contributed by atoms with Crippen LogP contribution in [0.4, 0.5) is 0 Å². The Kier molecular flexibility index (Phi) is 3.23. The highest BCUT2D eigenvalue weighted by molar-refractivity contribution is 7.53. The molecule has 2 aromatic rings. The van der Waals surface area contributed by atoms with Crippen LogP contribution in [0.5, 0.6) is 34.5 Å². The van der Waals surface area contributed by atoms with Crippen molar-refractivity contribution in [2.75, 3.05) is 20.3 Å². The zero-order valence-corrected chi connectivity index (χ0v) is 13.1. The second kappa shape index (κ2) is 5.28. The van der Waals surface area contributed by atoms with Crippen molar-refractivity contribution in [3.63, 3.8) is 0 Å². The summed E-state index contributed by atoms with van der Waals surface area (Å²) < 4.78 is 44.5. The van der Waals surface area contributed by atoms with Gasteiger partial charge in [0.2, 0.25) is 13.6 Å². The van der Waals surface area contributed by atoms with E-state index in [0.29, 0.717) is 34.5 Å². The minimum absolute atomic E-state index is 0.163. The van der Waals surface area contributed by atoms with Gasteiger partial charge < -0.3 is 28.0 Å². The first-order valence-corrected chi connectivity index (χ1v) is 8.84. The molecule has 0 bridgehead atoms. The Labute approximate surface area is 132 Å². The number of hydrogen-bond acceptors (Lipinski definition) is 7. The Morgan fingerprint density at radius 1 is 0.783 bits per heavy atom. The smallest absolute Gasteiger partial charge is 0.427 e. The molecule has 0 aromatic heterocycles. The number of benzene rings is 2. The summed E-state index contributed by atoms with van der Waals surface area (Å²) in [4.78, 5) is 0. The summed E-state index contributed by atoms with van der Waals surface area (Å²) in [7, 11) is -3.38. The molecule has 0 amide bonds. The predicted molar refractivity (Wildman–Crippen MR) is 79.9 cm³/mol. The van der Waals surface area contributed by atoms with E-state index in [0.717, 1.165) is 0 Å². The van der Waals surface area contributed by atoms with Crippen molar-refractivity contribution in [2.24, 2.45) is 0 Å². The second-order valence-electron chi connectivity index (χ2n) is 4.98. The lowest BCUT2D eigenvalue weighted by Crippen LogP contribution is -1.99. The van der Waals surface area contributed by atoms with Gasteiger partial charge >= 0.3 is 7.60 Å². The van der Waals surface area contributed by atoms with E-state index in [-0.39, 0.29) is 13.6 Å². The lowest BCUT2D eigenvalue weighted by Gasteiger charge is -2.16. The van der Waals surface area contributed by atoms with Crippen molar-refractivity contribution < 1.29 is 32.6 Å². The number of rotatable bonds is 4. The molecule has 0 atom stereocenters. The van der Waals surface area contributed by atoms with Crippen LogP contribution in [0.25, 0.3) is 0 Å². The lowest BCUT2D eigenvalue weighted by molar-refractivity contribution is 0.173. The van der Waals surface area contributed by atoms with Crippen LogP contribution in [0.3, 0.4) is 0 Å². The fourth-order valence-corrected chi connectivity index (χ4v) is 3.30. The van der Waals surface area contributed by atoms with Gasteiger partial charge in [0.1, 0.15) is 11.5 Å². The first-order chi connectivity index (χ1) is 11.1. The second-order valence-corrected chi connectivity index (χ2v) is 6.89. The summed E-state index contributed by atoms with van der Waals surface area (Å²) in [5, 5.41) is 0. The van der Waals surface area contributed by atoms with Crippen LogP contribution >= 0.6 is 7.60 Å². The Balaban J connectivity index is 1.50. The van der Waals surface area contributed by atoms with E-state index in [2.05, 4.69) is 0 Å². The average Bonchev–Trinajstić information content (AvgIpc) is 3.13. The van der Waals surface area contributed by atoms with Crippen molar-refractivity contribution in [2.45, 2.75) is 0 Å². The summed E-state index contributed by atoms with van der Waals surface area (Å²) >= 11 is 0. The molecule has 0 saturated heterocycles. The third-order valence-corrected chi connectivity index (χ3v) is 4.32. The van der Waals surface area contributed by atoms with E-state index >= 15 is 0 Å². The van der Waals surface area contributed by atoms with Crippen LogP contribution in [0.15, 0.2) is 36.4 Å². The van der Waals surface area contributed by atoms with Crippen LogP contribution < -0.4 is 28.0 Å². The fourth-order valence-electron chi connectivity index (χ4n) is 2.27. The van der Waals surface area contributed by atoms with Gasteiger partial charge in [0.15, 0.2) is 23.0 Å². The van der Waals surface area contributed by atoms with Gasteiger partial charge in [-0.15, -0.1) is 0 Å². The Morgan fingerprint density at radius 3 is 1.70 bits per heavy atom. The molecule has 0 fully saturated rings. The molecule has 2 aromatic carbocycles. The molecule has 2 aliphatic rings. The highest BCUT2D eigenvalue weighted by Crippen LogP contribution is 2.48. The molecule has 0 radical (unpaired) electrons. The molecule has 0 unspecified atom stereocenters. The molecule has 4 rings (SSSR count). The molecule has 8 heteroatoms. The van der Waals surface area contributed by atoms with Gasteiger partial charge in [-0.3, -0.25) is 0 Å². The molecular weight excluding hydrogens is 323 g/mol. The first kappa shape index (κ1) is 14.1. The highest BCUT2D eigenvalue weighted by Gasteiger charge is 2.24. The fraction of sp³-hybridized carbons (Fsp3) is 0.200. The lowest BCUT2D eigenvalue weighted by atomic mass is 10.3. The quantitative estimate of drug-likeness (QED) is 0.792. The summed E-state index contributed by atoms with van der Waals surface area (Å²) in [6, 6.07) is 9.90. The van der Waals surface area contributed by atoms with Gasteiger partial charge in [-0.2, -0.15) is 0 Å². The molecule has 0 spiro atoms. The molecule has 2 aliphatic heterocycles. The molecule has 120 valence electrons. The van der Waals surface area contributed by atoms with Gasteiger partial charge in [0.05, 0.1) is 6.66 Å². The van der Waals surface area contributed by atoms with E-state index in [9.17, 15) is 4.57 Å². The zero-order chi connectivity index (χ0) is 15.9. The maximum Gasteiger partial charge on any atom is 0.427 e. The first-order valence-electron chi connectivity index (χ1n) is 6.85. The van der Waals surface area contributed by atoms with E-state index in [1.165, 1.54) is 6.66 Å². The van der Waals surface area contributed by atoms with Crippen molar-refractivity contribution >= 4 is 7.60 Å². The van der Waals surface area contributed by atoms with E-state index in [1.54, 1.807) is 36.4 Å². The molecule has 23 heavy (non-hydrogen) atoms. The summed E-state index contributed by atoms with van der Waals surface area (Å²) in [6.07, 6.45) is 0. The molecule has 0 aliphatic carbocycles. The zero-order valence-electron chi connectivity index (χ0n) is 12.2. The normalized spacial score (nSPS) is 14.7. The van der Waals surface area contributed by atoms with E-state index < -0.39 is 7.60 Å². The van der Waals surface area contributed by atoms with E-state index in [4.69, 9.17) is 28.0 Å². The van der Waals surface area contributed by atoms with Crippen molar-refractivity contribution in [3.8, 4) is 34.5 Å². The number of hydrogen-bond donors (Lipinski definition) is 0. The molecule has 0 saturated carbocycles. The van der Waals surface area contributed by atoms with Crippen molar-refractivity contribution in [1.29, 1.82) is 0 Å². The topological polar surface area (TPSA) is 72.5 Å². The van der Waals surface area contributed by atoms with Gasteiger partial charge in [0.25, 0.3) is 0 Å². The standard InChI is InChI=1S/C15H13O7P/c1-23(16,21-10-2-4-12-14(6-10)19-8-17-12)22-11-3-5-13-15(7-11)20-9-18-13/h2-7H,8-9H2,1H3. The van der Waals surface area contributed by atoms with Crippen LogP contribution in [-0.2, 0) is 4.57 Å². The van der Waals surface area contributed by atoms with Crippen LogP contribution in [-0.4, -0.2) is 20.3 Å². The number of fused-ring (bicyclic) bond motifs is 2. The van der Waals surface area contributed by atoms with Gasteiger partial charge in [-0.25, -0.2) is 4.57 Å². The predicted octanol–water partition coefficient (Wildman–Crippen LogP) is 3.42. The molecule has 7 nitrogen and oxygen atoms in total. The summed E-state index contributed by atoms with van der Waals surface area (Å²) in [5.41, 5.74) is 0. The largest absolute Gasteiger partial charge is 0.454 e. The Hall–Kier alpha value is -2.53. The van der Waals surface area contributed by atoms with Crippen LogP contribution in [0.2, 0.25) is 0 Å².